The summed E-state index contributed by atoms with van der Waals surface area (Å²) in [7, 11) is 3.06. The number of carboxylic acids is 1. The Hall–Kier alpha value is -4.77. The van der Waals surface area contributed by atoms with Crippen molar-refractivity contribution < 1.29 is 38.4 Å². The number of rotatable bonds is 23. The molecule has 2 aromatic carbocycles. The van der Waals surface area contributed by atoms with Gasteiger partial charge in [0.1, 0.15) is 13.2 Å². The molecular formula is C40H48Br2N6O8. The molecule has 0 radical (unpaired) electrons. The Balaban J connectivity index is 1.46. The van der Waals surface area contributed by atoms with Crippen molar-refractivity contribution in [1.82, 2.24) is 20.2 Å². The van der Waals surface area contributed by atoms with Gasteiger partial charge in [-0.1, -0.05) is 36.4 Å². The molecule has 16 heteroatoms. The number of methoxy groups -OCH3 is 2. The number of benzene rings is 2. The molecule has 0 aliphatic carbocycles. The number of hydrogen-bond donors (Lipinski definition) is 4. The lowest BCUT2D eigenvalue weighted by atomic mass is 9.92. The standard InChI is InChI=1S/C40H48Br2N6O8/c1-24-26(22-55-39-32(41)17-28(37(46-39)53-3)19-45-15-7-13-34(43)49)9-5-11-30(24)31-12-6-10-27(25(31)2)23-56-40-33(42)18-29(38(47-40)54-4)20-48(21-36(51)52)16-8-14-35(44)50/h5-6,9-12,17-18,45H,7-8,13-16,19-23H2,1-4H3,(H2,43,49)(H2,44,50)(H,51,52). The van der Waals surface area contributed by atoms with Crippen LogP contribution in [0.2, 0.25) is 0 Å². The Bertz CT molecular complexity index is 2010. The van der Waals surface area contributed by atoms with Crippen LogP contribution in [-0.2, 0) is 40.7 Å². The zero-order valence-electron chi connectivity index (χ0n) is 32.0. The Morgan fingerprint density at radius 3 is 1.75 bits per heavy atom. The van der Waals surface area contributed by atoms with E-state index in [9.17, 15) is 19.5 Å². The van der Waals surface area contributed by atoms with E-state index in [0.29, 0.717) is 76.9 Å². The summed E-state index contributed by atoms with van der Waals surface area (Å²) >= 11 is 7.17. The fourth-order valence-electron chi connectivity index (χ4n) is 6.07. The molecule has 14 nitrogen and oxygen atoms in total. The number of ether oxygens (including phenoxy) is 4. The van der Waals surface area contributed by atoms with Gasteiger partial charge in [0.15, 0.2) is 0 Å². The number of nitrogens with one attached hydrogen (secondary N) is 1. The first kappa shape index (κ1) is 44.0. The Morgan fingerprint density at radius 1 is 0.750 bits per heavy atom. The number of aromatic nitrogens is 2. The number of halogens is 2. The number of aliphatic carboxylic acids is 1. The maximum Gasteiger partial charge on any atom is 0.317 e. The van der Waals surface area contributed by atoms with Crippen molar-refractivity contribution in [2.45, 2.75) is 65.8 Å². The lowest BCUT2D eigenvalue weighted by Gasteiger charge is -2.21. The molecule has 0 unspecified atom stereocenters. The number of hydrogen-bond acceptors (Lipinski definition) is 11. The van der Waals surface area contributed by atoms with Crippen molar-refractivity contribution in [3.05, 3.63) is 90.9 Å². The van der Waals surface area contributed by atoms with Crippen molar-refractivity contribution in [3.63, 3.8) is 0 Å². The van der Waals surface area contributed by atoms with E-state index in [0.717, 1.165) is 38.9 Å². The van der Waals surface area contributed by atoms with Gasteiger partial charge in [0, 0.05) is 37.1 Å². The largest absolute Gasteiger partial charge is 0.481 e. The predicted molar refractivity (Wildman–Crippen MR) is 218 cm³/mol. The molecule has 0 atom stereocenters. The molecule has 300 valence electrons. The molecule has 2 amide bonds. The first-order chi connectivity index (χ1) is 26.8. The van der Waals surface area contributed by atoms with E-state index in [-0.39, 0.29) is 38.6 Å². The van der Waals surface area contributed by atoms with Gasteiger partial charge in [-0.3, -0.25) is 19.3 Å². The van der Waals surface area contributed by atoms with E-state index in [2.05, 4.69) is 73.1 Å². The minimum absolute atomic E-state index is 0.159. The van der Waals surface area contributed by atoms with Crippen LogP contribution < -0.4 is 35.7 Å². The molecule has 0 aliphatic rings. The third-order valence-electron chi connectivity index (χ3n) is 9.01. The molecule has 0 saturated heterocycles. The van der Waals surface area contributed by atoms with Crippen LogP contribution in [0.5, 0.6) is 23.5 Å². The van der Waals surface area contributed by atoms with Crippen LogP contribution in [0.15, 0.2) is 57.5 Å². The number of primary amides is 2. The molecule has 0 fully saturated rings. The highest BCUT2D eigenvalue weighted by Crippen LogP contribution is 2.35. The zero-order valence-corrected chi connectivity index (χ0v) is 35.1. The van der Waals surface area contributed by atoms with E-state index in [1.807, 2.05) is 30.3 Å². The van der Waals surface area contributed by atoms with Gasteiger partial charge in [0.05, 0.1) is 29.7 Å². The van der Waals surface area contributed by atoms with Crippen molar-refractivity contribution in [1.29, 1.82) is 0 Å². The molecule has 6 N–H and O–H groups in total. The summed E-state index contributed by atoms with van der Waals surface area (Å²) in [5, 5.41) is 12.7. The minimum Gasteiger partial charge on any atom is -0.481 e. The normalized spacial score (nSPS) is 11.1. The fraction of sp³-hybridized carbons (Fsp3) is 0.375. The summed E-state index contributed by atoms with van der Waals surface area (Å²) < 4.78 is 24.8. The van der Waals surface area contributed by atoms with Crippen LogP contribution >= 0.6 is 31.9 Å². The summed E-state index contributed by atoms with van der Waals surface area (Å²) in [5.74, 6) is -0.277. The molecule has 56 heavy (non-hydrogen) atoms. The number of amides is 2. The minimum atomic E-state index is -0.989. The smallest absolute Gasteiger partial charge is 0.317 e. The number of nitrogens with zero attached hydrogens (tertiary/aromatic N) is 3. The maximum absolute atomic E-state index is 11.5. The third-order valence-corrected chi connectivity index (χ3v) is 10.1. The van der Waals surface area contributed by atoms with Crippen LogP contribution in [0, 0.1) is 13.8 Å². The summed E-state index contributed by atoms with van der Waals surface area (Å²) in [6, 6.07) is 15.9. The lowest BCUT2D eigenvalue weighted by molar-refractivity contribution is -0.138. The van der Waals surface area contributed by atoms with Gasteiger partial charge in [0.2, 0.25) is 35.3 Å². The highest BCUT2D eigenvalue weighted by molar-refractivity contribution is 9.10. The molecule has 0 aliphatic heterocycles. The molecule has 2 heterocycles. The van der Waals surface area contributed by atoms with Gasteiger partial charge in [-0.2, -0.15) is 9.97 Å². The van der Waals surface area contributed by atoms with Crippen molar-refractivity contribution >= 4 is 49.6 Å². The second-order valence-corrected chi connectivity index (χ2v) is 14.8. The molecule has 0 saturated carbocycles. The SMILES string of the molecule is COc1nc(OCc2cccc(-c3cccc(COc4nc(OC)c(CN(CCCC(N)=O)CC(=O)O)cc4Br)c3C)c2C)c(Br)cc1CNCCCC(N)=O. The molecule has 0 bridgehead atoms. The van der Waals surface area contributed by atoms with Crippen LogP contribution in [0.25, 0.3) is 11.1 Å². The van der Waals surface area contributed by atoms with Crippen LogP contribution in [0.4, 0.5) is 0 Å². The van der Waals surface area contributed by atoms with Crippen molar-refractivity contribution in [3.8, 4) is 34.6 Å². The molecule has 4 aromatic rings. The number of pyridine rings is 2. The van der Waals surface area contributed by atoms with Gasteiger partial charge < -0.3 is 40.8 Å². The maximum atomic E-state index is 11.5. The van der Waals surface area contributed by atoms with Crippen molar-refractivity contribution in [2.75, 3.05) is 33.9 Å². The predicted octanol–water partition coefficient (Wildman–Crippen LogP) is 5.97. The van der Waals surface area contributed by atoms with E-state index in [4.69, 9.17) is 30.4 Å². The number of carbonyl (C=O) groups is 3. The van der Waals surface area contributed by atoms with E-state index < -0.39 is 11.9 Å². The number of carboxylic acid groups (broad SMARTS) is 1. The summed E-state index contributed by atoms with van der Waals surface area (Å²) in [5.41, 5.74) is 18.2. The first-order valence-corrected chi connectivity index (χ1v) is 19.5. The average molecular weight is 901 g/mol. The topological polar surface area (TPSA) is 201 Å². The second kappa shape index (κ2) is 21.5. The summed E-state index contributed by atoms with van der Waals surface area (Å²) in [6.07, 6.45) is 1.56. The molecule has 4 rings (SSSR count). The van der Waals surface area contributed by atoms with E-state index in [1.54, 1.807) is 18.1 Å². The fourth-order valence-corrected chi connectivity index (χ4v) is 7.03. The van der Waals surface area contributed by atoms with Crippen LogP contribution in [0.1, 0.15) is 59.1 Å². The van der Waals surface area contributed by atoms with Gasteiger partial charge in [-0.05, 0) is 117 Å². The molecule has 2 aromatic heterocycles. The van der Waals surface area contributed by atoms with E-state index >= 15 is 0 Å². The average Bonchev–Trinajstić information content (AvgIpc) is 3.14. The van der Waals surface area contributed by atoms with Gasteiger partial charge in [-0.15, -0.1) is 0 Å². The Morgan fingerprint density at radius 2 is 1.25 bits per heavy atom. The van der Waals surface area contributed by atoms with Gasteiger partial charge in [-0.25, -0.2) is 0 Å². The van der Waals surface area contributed by atoms with Gasteiger partial charge in [0.25, 0.3) is 0 Å². The van der Waals surface area contributed by atoms with E-state index in [1.165, 1.54) is 7.11 Å². The van der Waals surface area contributed by atoms with Crippen LogP contribution in [0.3, 0.4) is 0 Å². The summed E-state index contributed by atoms with van der Waals surface area (Å²) in [4.78, 5) is 44.6. The quantitative estimate of drug-likeness (QED) is 0.0637. The highest BCUT2D eigenvalue weighted by Gasteiger charge is 2.19. The Kier molecular flexibility index (Phi) is 16.9. The molecule has 0 spiro atoms. The number of carbonyl (C=O) groups excluding carboxylic acids is 2. The van der Waals surface area contributed by atoms with Crippen LogP contribution in [-0.4, -0.2) is 71.6 Å². The highest BCUT2D eigenvalue weighted by atomic mass is 79.9. The summed E-state index contributed by atoms with van der Waals surface area (Å²) in [6.45, 7) is 6.14. The third kappa shape index (κ3) is 12.6. The van der Waals surface area contributed by atoms with Crippen molar-refractivity contribution in [2.24, 2.45) is 11.5 Å². The monoisotopic (exact) mass is 898 g/mol. The number of nitrogens with two attached hydrogens (primary N) is 2. The lowest BCUT2D eigenvalue weighted by Crippen LogP contribution is -2.31. The first-order valence-electron chi connectivity index (χ1n) is 17.9. The molecular weight excluding hydrogens is 852 g/mol. The Labute approximate surface area is 343 Å². The van der Waals surface area contributed by atoms with Gasteiger partial charge >= 0.3 is 5.97 Å². The second-order valence-electron chi connectivity index (χ2n) is 13.1. The zero-order chi connectivity index (χ0) is 40.8.